The SMILES string of the molecule is CCc1cccc(N(C)S(=O)(=O)N(C)C)c1. The van der Waals surface area contributed by atoms with Crippen molar-refractivity contribution in [3.05, 3.63) is 29.8 Å². The van der Waals surface area contributed by atoms with E-state index in [-0.39, 0.29) is 0 Å². The lowest BCUT2D eigenvalue weighted by Crippen LogP contribution is -2.37. The summed E-state index contributed by atoms with van der Waals surface area (Å²) in [6, 6.07) is 7.54. The zero-order valence-corrected chi connectivity index (χ0v) is 11.0. The predicted octanol–water partition coefficient (Wildman–Crippen LogP) is 1.49. The smallest absolute Gasteiger partial charge is 0.261 e. The van der Waals surface area contributed by atoms with Crippen molar-refractivity contribution < 1.29 is 8.42 Å². The van der Waals surface area contributed by atoms with Gasteiger partial charge in [0.2, 0.25) is 0 Å². The summed E-state index contributed by atoms with van der Waals surface area (Å²) in [5.41, 5.74) is 1.81. The Morgan fingerprint density at radius 1 is 1.19 bits per heavy atom. The van der Waals surface area contributed by atoms with Gasteiger partial charge in [-0.05, 0) is 24.1 Å². The minimum absolute atomic E-state index is 0.688. The highest BCUT2D eigenvalue weighted by molar-refractivity contribution is 7.90. The van der Waals surface area contributed by atoms with E-state index in [1.165, 1.54) is 22.7 Å². The van der Waals surface area contributed by atoms with E-state index in [1.807, 2.05) is 25.1 Å². The van der Waals surface area contributed by atoms with Crippen LogP contribution in [-0.2, 0) is 16.6 Å². The maximum absolute atomic E-state index is 11.9. The largest absolute Gasteiger partial charge is 0.303 e. The van der Waals surface area contributed by atoms with Crippen LogP contribution in [0.4, 0.5) is 5.69 Å². The number of rotatable bonds is 4. The molecule has 0 saturated carbocycles. The Balaban J connectivity index is 3.10. The molecule has 0 spiro atoms. The van der Waals surface area contributed by atoms with Gasteiger partial charge in [-0.3, -0.25) is 4.31 Å². The van der Waals surface area contributed by atoms with E-state index in [1.54, 1.807) is 13.1 Å². The highest BCUT2D eigenvalue weighted by Crippen LogP contribution is 2.19. The third kappa shape index (κ3) is 2.54. The minimum atomic E-state index is -3.39. The van der Waals surface area contributed by atoms with Crippen LogP contribution >= 0.6 is 0 Å². The maximum Gasteiger partial charge on any atom is 0.303 e. The maximum atomic E-state index is 11.9. The second kappa shape index (κ2) is 4.84. The average Bonchev–Trinajstić information content (AvgIpc) is 2.27. The third-order valence-electron chi connectivity index (χ3n) is 2.49. The number of benzene rings is 1. The van der Waals surface area contributed by atoms with Gasteiger partial charge < -0.3 is 0 Å². The lowest BCUT2D eigenvalue weighted by Gasteiger charge is -2.23. The molecule has 0 unspecified atom stereocenters. The molecule has 16 heavy (non-hydrogen) atoms. The summed E-state index contributed by atoms with van der Waals surface area (Å²) >= 11 is 0. The normalized spacial score (nSPS) is 11.8. The van der Waals surface area contributed by atoms with Crippen LogP contribution in [0.15, 0.2) is 24.3 Å². The monoisotopic (exact) mass is 242 g/mol. The van der Waals surface area contributed by atoms with Gasteiger partial charge in [0.25, 0.3) is 0 Å². The first-order chi connectivity index (χ1) is 7.39. The first kappa shape index (κ1) is 13.0. The highest BCUT2D eigenvalue weighted by Gasteiger charge is 2.20. The quantitative estimate of drug-likeness (QED) is 0.802. The summed E-state index contributed by atoms with van der Waals surface area (Å²) in [6.07, 6.45) is 0.893. The molecule has 0 aliphatic heterocycles. The topological polar surface area (TPSA) is 40.6 Å². The molecule has 1 aromatic rings. The van der Waals surface area contributed by atoms with Crippen LogP contribution < -0.4 is 4.31 Å². The molecule has 0 fully saturated rings. The number of aryl methyl sites for hydroxylation is 1. The standard InChI is InChI=1S/C11H18N2O2S/c1-5-10-7-6-8-11(9-10)13(4)16(14,15)12(2)3/h6-9H,5H2,1-4H3. The molecule has 0 aromatic heterocycles. The van der Waals surface area contributed by atoms with E-state index in [0.29, 0.717) is 5.69 Å². The van der Waals surface area contributed by atoms with Crippen molar-refractivity contribution in [2.45, 2.75) is 13.3 Å². The van der Waals surface area contributed by atoms with Crippen LogP contribution in [0, 0.1) is 0 Å². The molecule has 4 nitrogen and oxygen atoms in total. The Labute approximate surface area is 97.7 Å². The minimum Gasteiger partial charge on any atom is -0.261 e. The Bertz CT molecular complexity index is 455. The number of hydrogen-bond donors (Lipinski definition) is 0. The van der Waals surface area contributed by atoms with Crippen molar-refractivity contribution >= 4 is 15.9 Å². The number of hydrogen-bond acceptors (Lipinski definition) is 2. The molecule has 0 aliphatic rings. The average molecular weight is 242 g/mol. The molecule has 90 valence electrons. The van der Waals surface area contributed by atoms with Gasteiger partial charge in [0.05, 0.1) is 5.69 Å². The molecular weight excluding hydrogens is 224 g/mol. The van der Waals surface area contributed by atoms with Crippen molar-refractivity contribution in [3.8, 4) is 0 Å². The van der Waals surface area contributed by atoms with E-state index in [4.69, 9.17) is 0 Å². The molecule has 1 rings (SSSR count). The van der Waals surface area contributed by atoms with Crippen molar-refractivity contribution in [2.75, 3.05) is 25.4 Å². The fraction of sp³-hybridized carbons (Fsp3) is 0.455. The fourth-order valence-electron chi connectivity index (χ4n) is 1.35. The van der Waals surface area contributed by atoms with E-state index < -0.39 is 10.2 Å². The lowest BCUT2D eigenvalue weighted by atomic mass is 10.1. The predicted molar refractivity (Wildman–Crippen MR) is 66.8 cm³/mol. The van der Waals surface area contributed by atoms with Gasteiger partial charge in [-0.2, -0.15) is 12.7 Å². The molecule has 0 bridgehead atoms. The van der Waals surface area contributed by atoms with Crippen molar-refractivity contribution in [1.29, 1.82) is 0 Å². The summed E-state index contributed by atoms with van der Waals surface area (Å²) in [6.45, 7) is 2.04. The fourth-order valence-corrected chi connectivity index (χ4v) is 2.22. The van der Waals surface area contributed by atoms with Crippen LogP contribution in [-0.4, -0.2) is 33.9 Å². The molecule has 1 aromatic carbocycles. The molecule has 0 aliphatic carbocycles. The van der Waals surface area contributed by atoms with Crippen molar-refractivity contribution in [3.63, 3.8) is 0 Å². The van der Waals surface area contributed by atoms with Gasteiger partial charge in [-0.25, -0.2) is 0 Å². The van der Waals surface area contributed by atoms with Gasteiger partial charge in [0.1, 0.15) is 0 Å². The molecule has 0 amide bonds. The van der Waals surface area contributed by atoms with Gasteiger partial charge in [0.15, 0.2) is 0 Å². The molecular formula is C11H18N2O2S. The van der Waals surface area contributed by atoms with E-state index in [0.717, 1.165) is 12.0 Å². The molecule has 0 N–H and O–H groups in total. The first-order valence-electron chi connectivity index (χ1n) is 5.15. The molecule has 0 heterocycles. The van der Waals surface area contributed by atoms with Crippen molar-refractivity contribution in [2.24, 2.45) is 0 Å². The number of nitrogens with zero attached hydrogens (tertiary/aromatic N) is 2. The van der Waals surface area contributed by atoms with Crippen LogP contribution in [0.3, 0.4) is 0 Å². The zero-order valence-electron chi connectivity index (χ0n) is 10.1. The van der Waals surface area contributed by atoms with E-state index in [2.05, 4.69) is 0 Å². The molecule has 5 heteroatoms. The summed E-state index contributed by atoms with van der Waals surface area (Å²) in [5.74, 6) is 0. The second-order valence-corrected chi connectivity index (χ2v) is 5.95. The van der Waals surface area contributed by atoms with Crippen LogP contribution in [0.1, 0.15) is 12.5 Å². The van der Waals surface area contributed by atoms with Gasteiger partial charge in [-0.15, -0.1) is 0 Å². The van der Waals surface area contributed by atoms with Gasteiger partial charge in [0, 0.05) is 21.1 Å². The summed E-state index contributed by atoms with van der Waals surface area (Å²) in [5, 5.41) is 0. The van der Waals surface area contributed by atoms with Crippen LogP contribution in [0.2, 0.25) is 0 Å². The summed E-state index contributed by atoms with van der Waals surface area (Å²) < 4.78 is 26.2. The zero-order chi connectivity index (χ0) is 12.3. The Kier molecular flexibility index (Phi) is 3.93. The lowest BCUT2D eigenvalue weighted by molar-refractivity contribution is 0.519. The number of anilines is 1. The third-order valence-corrected chi connectivity index (χ3v) is 4.32. The van der Waals surface area contributed by atoms with Crippen LogP contribution in [0.25, 0.3) is 0 Å². The summed E-state index contributed by atoms with van der Waals surface area (Å²) in [4.78, 5) is 0. The Morgan fingerprint density at radius 2 is 1.81 bits per heavy atom. The van der Waals surface area contributed by atoms with E-state index in [9.17, 15) is 8.42 Å². The van der Waals surface area contributed by atoms with E-state index >= 15 is 0 Å². The van der Waals surface area contributed by atoms with Gasteiger partial charge in [-0.1, -0.05) is 19.1 Å². The second-order valence-electron chi connectivity index (χ2n) is 3.78. The highest BCUT2D eigenvalue weighted by atomic mass is 32.2. The molecule has 0 saturated heterocycles. The van der Waals surface area contributed by atoms with Crippen molar-refractivity contribution in [1.82, 2.24) is 4.31 Å². The first-order valence-corrected chi connectivity index (χ1v) is 6.54. The Hall–Kier alpha value is -1.07. The molecule has 0 atom stereocenters. The Morgan fingerprint density at radius 3 is 2.31 bits per heavy atom. The van der Waals surface area contributed by atoms with Crippen LogP contribution in [0.5, 0.6) is 0 Å². The van der Waals surface area contributed by atoms with Gasteiger partial charge >= 0.3 is 10.2 Å². The molecule has 0 radical (unpaired) electrons. The summed E-state index contributed by atoms with van der Waals surface area (Å²) in [7, 11) is 1.22.